The summed E-state index contributed by atoms with van der Waals surface area (Å²) < 4.78 is 5.57. The van der Waals surface area contributed by atoms with Gasteiger partial charge in [-0.3, -0.25) is 0 Å². The van der Waals surface area contributed by atoms with Gasteiger partial charge >= 0.3 is 0 Å². The molecule has 1 aliphatic carbocycles. The number of rotatable bonds is 4. The summed E-state index contributed by atoms with van der Waals surface area (Å²) in [6.07, 6.45) is 5.47. The zero-order valence-corrected chi connectivity index (χ0v) is 11.2. The molecule has 1 aromatic carbocycles. The average Bonchev–Trinajstić information content (AvgIpc) is 3.21. The van der Waals surface area contributed by atoms with Gasteiger partial charge in [-0.05, 0) is 49.7 Å². The Morgan fingerprint density at radius 3 is 2.61 bits per heavy atom. The van der Waals surface area contributed by atoms with Crippen molar-refractivity contribution in [3.05, 3.63) is 35.4 Å². The molecule has 3 rings (SSSR count). The Bertz CT molecular complexity index is 383. The van der Waals surface area contributed by atoms with Gasteiger partial charge in [0.1, 0.15) is 0 Å². The molecule has 98 valence electrons. The molecule has 0 spiro atoms. The second-order valence-electron chi connectivity index (χ2n) is 5.80. The fourth-order valence-corrected chi connectivity index (χ4v) is 2.77. The zero-order valence-electron chi connectivity index (χ0n) is 11.2. The smallest absolute Gasteiger partial charge is 0.0561 e. The molecule has 2 aliphatic rings. The molecule has 1 aliphatic heterocycles. The van der Waals surface area contributed by atoms with Crippen molar-refractivity contribution < 1.29 is 4.74 Å². The Hall–Kier alpha value is -0.860. The third-order valence-corrected chi connectivity index (χ3v) is 4.11. The third kappa shape index (κ3) is 3.12. The van der Waals surface area contributed by atoms with Crippen molar-refractivity contribution in [1.82, 2.24) is 5.32 Å². The molecule has 2 nitrogen and oxygen atoms in total. The second-order valence-corrected chi connectivity index (χ2v) is 5.80. The van der Waals surface area contributed by atoms with Crippen molar-refractivity contribution >= 4 is 0 Å². The summed E-state index contributed by atoms with van der Waals surface area (Å²) in [7, 11) is 0. The van der Waals surface area contributed by atoms with Crippen LogP contribution in [0.5, 0.6) is 0 Å². The molecule has 18 heavy (non-hydrogen) atoms. The predicted octanol–water partition coefficient (Wildman–Crippen LogP) is 3.22. The van der Waals surface area contributed by atoms with Gasteiger partial charge in [-0.1, -0.05) is 24.3 Å². The first-order valence-electron chi connectivity index (χ1n) is 7.25. The number of benzene rings is 1. The van der Waals surface area contributed by atoms with E-state index in [1.165, 1.54) is 24.0 Å². The van der Waals surface area contributed by atoms with E-state index in [1.807, 2.05) is 0 Å². The van der Waals surface area contributed by atoms with Crippen molar-refractivity contribution in [2.24, 2.45) is 0 Å². The van der Waals surface area contributed by atoms with E-state index in [9.17, 15) is 0 Å². The Labute approximate surface area is 110 Å². The van der Waals surface area contributed by atoms with Gasteiger partial charge in [0.2, 0.25) is 0 Å². The van der Waals surface area contributed by atoms with Crippen LogP contribution in [0.3, 0.4) is 0 Å². The van der Waals surface area contributed by atoms with Crippen LogP contribution in [0.4, 0.5) is 0 Å². The molecular formula is C16H23NO. The van der Waals surface area contributed by atoms with Gasteiger partial charge in [-0.25, -0.2) is 0 Å². The summed E-state index contributed by atoms with van der Waals surface area (Å²) in [4.78, 5) is 0. The summed E-state index contributed by atoms with van der Waals surface area (Å²) in [5, 5.41) is 3.65. The highest BCUT2D eigenvalue weighted by Gasteiger charge is 2.23. The molecule has 2 atom stereocenters. The molecule has 1 saturated carbocycles. The lowest BCUT2D eigenvalue weighted by molar-refractivity contribution is 0.0130. The van der Waals surface area contributed by atoms with Crippen LogP contribution in [-0.4, -0.2) is 18.8 Å². The summed E-state index contributed by atoms with van der Waals surface area (Å²) >= 11 is 0. The quantitative estimate of drug-likeness (QED) is 0.879. The lowest BCUT2D eigenvalue weighted by Crippen LogP contribution is -2.37. The van der Waals surface area contributed by atoms with E-state index < -0.39 is 0 Å². The SMILES string of the molecule is CC1CC(NCc2ccc(C3CC3)cc2)CCO1. The highest BCUT2D eigenvalue weighted by atomic mass is 16.5. The van der Waals surface area contributed by atoms with Gasteiger partial charge in [0.15, 0.2) is 0 Å². The minimum absolute atomic E-state index is 0.411. The molecule has 1 saturated heterocycles. The Kier molecular flexibility index (Phi) is 3.67. The molecule has 0 aromatic heterocycles. The molecule has 1 N–H and O–H groups in total. The highest BCUT2D eigenvalue weighted by molar-refractivity contribution is 5.28. The van der Waals surface area contributed by atoms with Gasteiger partial charge in [0.25, 0.3) is 0 Å². The maximum atomic E-state index is 5.57. The summed E-state index contributed by atoms with van der Waals surface area (Å²) in [6.45, 7) is 4.06. The van der Waals surface area contributed by atoms with Gasteiger partial charge < -0.3 is 10.1 Å². The molecule has 2 fully saturated rings. The van der Waals surface area contributed by atoms with E-state index in [0.717, 1.165) is 31.9 Å². The third-order valence-electron chi connectivity index (χ3n) is 4.11. The first kappa shape index (κ1) is 12.2. The summed E-state index contributed by atoms with van der Waals surface area (Å²) in [6, 6.07) is 9.80. The van der Waals surface area contributed by atoms with E-state index in [1.54, 1.807) is 0 Å². The van der Waals surface area contributed by atoms with Gasteiger partial charge in [-0.2, -0.15) is 0 Å². The number of nitrogens with one attached hydrogen (secondary N) is 1. The summed E-state index contributed by atoms with van der Waals surface area (Å²) in [5.41, 5.74) is 2.93. The van der Waals surface area contributed by atoms with Crippen LogP contribution in [-0.2, 0) is 11.3 Å². The lowest BCUT2D eigenvalue weighted by Gasteiger charge is -2.28. The largest absolute Gasteiger partial charge is 0.378 e. The highest BCUT2D eigenvalue weighted by Crippen LogP contribution is 2.39. The van der Waals surface area contributed by atoms with Gasteiger partial charge in [0, 0.05) is 19.2 Å². The number of hydrogen-bond donors (Lipinski definition) is 1. The van der Waals surface area contributed by atoms with Crippen LogP contribution in [0.1, 0.15) is 49.7 Å². The van der Waals surface area contributed by atoms with E-state index in [4.69, 9.17) is 4.74 Å². The topological polar surface area (TPSA) is 21.3 Å². The van der Waals surface area contributed by atoms with Crippen molar-refractivity contribution in [2.45, 2.75) is 57.2 Å². The van der Waals surface area contributed by atoms with E-state index in [-0.39, 0.29) is 0 Å². The first-order valence-corrected chi connectivity index (χ1v) is 7.25. The van der Waals surface area contributed by atoms with Crippen molar-refractivity contribution in [1.29, 1.82) is 0 Å². The fourth-order valence-electron chi connectivity index (χ4n) is 2.77. The second kappa shape index (κ2) is 5.41. The molecule has 0 radical (unpaired) electrons. The van der Waals surface area contributed by atoms with Crippen molar-refractivity contribution in [2.75, 3.05) is 6.61 Å². The fraction of sp³-hybridized carbons (Fsp3) is 0.625. The molecule has 1 aromatic rings. The number of hydrogen-bond acceptors (Lipinski definition) is 2. The van der Waals surface area contributed by atoms with Crippen LogP contribution >= 0.6 is 0 Å². The first-order chi connectivity index (χ1) is 8.81. The van der Waals surface area contributed by atoms with Crippen LogP contribution in [0, 0.1) is 0 Å². The van der Waals surface area contributed by atoms with Gasteiger partial charge in [0.05, 0.1) is 6.10 Å². The van der Waals surface area contributed by atoms with Crippen molar-refractivity contribution in [3.8, 4) is 0 Å². The van der Waals surface area contributed by atoms with Crippen LogP contribution in [0.15, 0.2) is 24.3 Å². The van der Waals surface area contributed by atoms with Crippen LogP contribution in [0.25, 0.3) is 0 Å². The molecular weight excluding hydrogens is 222 g/mol. The molecule has 0 amide bonds. The number of ether oxygens (including phenoxy) is 1. The maximum Gasteiger partial charge on any atom is 0.0561 e. The van der Waals surface area contributed by atoms with E-state index >= 15 is 0 Å². The normalized spacial score (nSPS) is 28.3. The molecule has 2 heteroatoms. The predicted molar refractivity (Wildman–Crippen MR) is 73.7 cm³/mol. The van der Waals surface area contributed by atoms with E-state index in [0.29, 0.717) is 12.1 Å². The monoisotopic (exact) mass is 245 g/mol. The minimum atomic E-state index is 0.411. The average molecular weight is 245 g/mol. The Morgan fingerprint density at radius 1 is 1.17 bits per heavy atom. The Morgan fingerprint density at radius 2 is 1.94 bits per heavy atom. The van der Waals surface area contributed by atoms with E-state index in [2.05, 4.69) is 36.5 Å². The molecule has 1 heterocycles. The van der Waals surface area contributed by atoms with Crippen molar-refractivity contribution in [3.63, 3.8) is 0 Å². The minimum Gasteiger partial charge on any atom is -0.378 e. The summed E-state index contributed by atoms with van der Waals surface area (Å²) in [5.74, 6) is 0.864. The standard InChI is InChI=1S/C16H23NO/c1-12-10-16(8-9-18-12)17-11-13-2-4-14(5-3-13)15-6-7-15/h2-5,12,15-17H,6-11H2,1H3. The molecule has 2 unspecified atom stereocenters. The molecule has 0 bridgehead atoms. The maximum absolute atomic E-state index is 5.57. The van der Waals surface area contributed by atoms with Crippen LogP contribution < -0.4 is 5.32 Å². The lowest BCUT2D eigenvalue weighted by atomic mass is 10.0. The van der Waals surface area contributed by atoms with Gasteiger partial charge in [-0.15, -0.1) is 0 Å². The Balaban J connectivity index is 1.49. The van der Waals surface area contributed by atoms with Crippen LogP contribution in [0.2, 0.25) is 0 Å². The zero-order chi connectivity index (χ0) is 12.4.